The maximum atomic E-state index is 12.4. The van der Waals surface area contributed by atoms with Crippen molar-refractivity contribution in [2.24, 2.45) is 0 Å². The zero-order chi connectivity index (χ0) is 22.4. The largest absolute Gasteiger partial charge is 0.494 e. The second-order valence-electron chi connectivity index (χ2n) is 6.88. The highest BCUT2D eigenvalue weighted by Crippen LogP contribution is 2.27. The summed E-state index contributed by atoms with van der Waals surface area (Å²) in [6.45, 7) is 8.54. The van der Waals surface area contributed by atoms with Crippen molar-refractivity contribution < 1.29 is 14.3 Å². The molecule has 0 spiro atoms. The van der Waals surface area contributed by atoms with Crippen LogP contribution in [0.15, 0.2) is 41.2 Å². The predicted molar refractivity (Wildman–Crippen MR) is 120 cm³/mol. The number of nitrogens with one attached hydrogen (secondary N) is 1. The molecule has 1 amide bonds. The Morgan fingerprint density at radius 1 is 1.16 bits per heavy atom. The summed E-state index contributed by atoms with van der Waals surface area (Å²) in [6, 6.07) is 10.3. The lowest BCUT2D eigenvalue weighted by Crippen LogP contribution is -2.39. The van der Waals surface area contributed by atoms with Crippen LogP contribution in [0.25, 0.3) is 10.6 Å². The molecular formula is C22H26N4O4S. The molecule has 2 heterocycles. The van der Waals surface area contributed by atoms with Crippen LogP contribution in [0.5, 0.6) is 11.5 Å². The molecule has 8 nitrogen and oxygen atoms in total. The number of aryl methyl sites for hydroxylation is 2. The number of nitrogens with zero attached hydrogens (tertiary/aromatic N) is 3. The molecule has 1 atom stereocenters. The fourth-order valence-electron chi connectivity index (χ4n) is 2.97. The molecule has 164 valence electrons. The Balaban J connectivity index is 1.55. The lowest BCUT2D eigenvalue weighted by Gasteiger charge is -2.15. The summed E-state index contributed by atoms with van der Waals surface area (Å²) in [5, 5.41) is 8.16. The van der Waals surface area contributed by atoms with Crippen LogP contribution >= 0.6 is 11.3 Å². The van der Waals surface area contributed by atoms with Crippen molar-refractivity contribution in [3.63, 3.8) is 0 Å². The Morgan fingerprint density at radius 2 is 1.87 bits per heavy atom. The molecule has 0 bridgehead atoms. The molecule has 9 heteroatoms. The Hall–Kier alpha value is -3.20. The first-order valence-corrected chi connectivity index (χ1v) is 10.9. The molecular weight excluding hydrogens is 416 g/mol. The minimum absolute atomic E-state index is 0.226. The van der Waals surface area contributed by atoms with Gasteiger partial charge in [-0.15, -0.1) is 11.3 Å². The van der Waals surface area contributed by atoms with E-state index in [-0.39, 0.29) is 24.6 Å². The molecule has 1 N–H and O–H groups in total. The van der Waals surface area contributed by atoms with Crippen molar-refractivity contribution in [2.45, 2.75) is 40.3 Å². The molecule has 0 aliphatic carbocycles. The maximum absolute atomic E-state index is 12.4. The molecule has 3 rings (SSSR count). The third-order valence-electron chi connectivity index (χ3n) is 4.44. The third kappa shape index (κ3) is 5.91. The maximum Gasteiger partial charge on any atom is 0.266 e. The molecule has 0 radical (unpaired) electrons. The van der Waals surface area contributed by atoms with Gasteiger partial charge in [0.2, 0.25) is 0 Å². The van der Waals surface area contributed by atoms with E-state index < -0.39 is 6.10 Å². The number of carbonyl (C=O) groups excluding carboxylic acids is 1. The van der Waals surface area contributed by atoms with Crippen LogP contribution in [0, 0.1) is 13.8 Å². The highest BCUT2D eigenvalue weighted by atomic mass is 32.1. The van der Waals surface area contributed by atoms with Gasteiger partial charge in [-0.05, 0) is 58.0 Å². The van der Waals surface area contributed by atoms with Gasteiger partial charge < -0.3 is 14.8 Å². The zero-order valence-corrected chi connectivity index (χ0v) is 18.9. The van der Waals surface area contributed by atoms with Crippen LogP contribution in [0.3, 0.4) is 0 Å². The van der Waals surface area contributed by atoms with Crippen molar-refractivity contribution in [1.82, 2.24) is 20.1 Å². The molecule has 0 aliphatic heterocycles. The molecule has 0 aliphatic rings. The topological polar surface area (TPSA) is 95.3 Å². The van der Waals surface area contributed by atoms with Crippen LogP contribution in [-0.4, -0.2) is 39.9 Å². The van der Waals surface area contributed by atoms with Gasteiger partial charge in [-0.1, -0.05) is 0 Å². The number of ether oxygens (including phenoxy) is 2. The Labute approximate surface area is 184 Å². The van der Waals surface area contributed by atoms with E-state index in [1.165, 1.54) is 22.1 Å². The fraction of sp³-hybridized carbons (Fsp3) is 0.364. The molecule has 0 saturated carbocycles. The van der Waals surface area contributed by atoms with Gasteiger partial charge in [-0.3, -0.25) is 9.59 Å². The minimum Gasteiger partial charge on any atom is -0.494 e. The van der Waals surface area contributed by atoms with Crippen LogP contribution in [0.2, 0.25) is 0 Å². The molecule has 2 aromatic heterocycles. The number of hydrogen-bond acceptors (Lipinski definition) is 7. The lowest BCUT2D eigenvalue weighted by atomic mass is 10.3. The van der Waals surface area contributed by atoms with Gasteiger partial charge in [-0.2, -0.15) is 5.10 Å². The van der Waals surface area contributed by atoms with E-state index in [4.69, 9.17) is 9.47 Å². The van der Waals surface area contributed by atoms with Gasteiger partial charge in [0.15, 0.2) is 6.10 Å². The van der Waals surface area contributed by atoms with Gasteiger partial charge in [0.25, 0.3) is 11.5 Å². The van der Waals surface area contributed by atoms with Gasteiger partial charge in [0.1, 0.15) is 17.2 Å². The third-order valence-corrected chi connectivity index (χ3v) is 5.54. The number of carbonyl (C=O) groups is 1. The molecule has 0 fully saturated rings. The number of amides is 1. The summed E-state index contributed by atoms with van der Waals surface area (Å²) in [5.74, 6) is 1.05. The van der Waals surface area contributed by atoms with Gasteiger partial charge in [0.05, 0.1) is 28.7 Å². The van der Waals surface area contributed by atoms with Crippen molar-refractivity contribution >= 4 is 17.2 Å². The smallest absolute Gasteiger partial charge is 0.266 e. The number of hydrogen-bond donors (Lipinski definition) is 1. The van der Waals surface area contributed by atoms with Crippen molar-refractivity contribution in [1.29, 1.82) is 0 Å². The summed E-state index contributed by atoms with van der Waals surface area (Å²) in [6.07, 6.45) is -0.684. The summed E-state index contributed by atoms with van der Waals surface area (Å²) < 4.78 is 12.4. The normalized spacial score (nSPS) is 11.7. The van der Waals surface area contributed by atoms with Crippen LogP contribution in [-0.2, 0) is 11.3 Å². The highest BCUT2D eigenvalue weighted by Gasteiger charge is 2.15. The van der Waals surface area contributed by atoms with Gasteiger partial charge in [0, 0.05) is 12.6 Å². The quantitative estimate of drug-likeness (QED) is 0.547. The molecule has 0 saturated heterocycles. The van der Waals surface area contributed by atoms with Crippen molar-refractivity contribution in [3.05, 3.63) is 57.5 Å². The number of thiazole rings is 1. The summed E-state index contributed by atoms with van der Waals surface area (Å²) in [4.78, 5) is 29.9. The average Bonchev–Trinajstić information content (AvgIpc) is 3.08. The predicted octanol–water partition coefficient (Wildman–Crippen LogP) is 2.97. The molecule has 1 aromatic carbocycles. The first-order valence-electron chi connectivity index (χ1n) is 10.1. The molecule has 3 aromatic rings. The van der Waals surface area contributed by atoms with Crippen molar-refractivity contribution in [3.8, 4) is 22.1 Å². The number of benzene rings is 1. The van der Waals surface area contributed by atoms with E-state index in [0.717, 1.165) is 21.3 Å². The minimum atomic E-state index is -0.684. The van der Waals surface area contributed by atoms with E-state index in [9.17, 15) is 9.59 Å². The fourth-order valence-corrected chi connectivity index (χ4v) is 3.85. The van der Waals surface area contributed by atoms with Crippen LogP contribution in [0.1, 0.15) is 24.5 Å². The number of rotatable bonds is 9. The first-order chi connectivity index (χ1) is 14.9. The van der Waals surface area contributed by atoms with Gasteiger partial charge >= 0.3 is 0 Å². The lowest BCUT2D eigenvalue weighted by molar-refractivity contribution is -0.127. The standard InChI is InChI=1S/C22H26N4O4S/c1-5-29-17-6-8-18(9-7-17)30-15(3)22(28)23-12-13-26-20(27)11-10-19(25-26)21-14(2)24-16(4)31-21/h6-11,15H,5,12-13H2,1-4H3,(H,23,28). The Morgan fingerprint density at radius 3 is 2.52 bits per heavy atom. The van der Waals surface area contributed by atoms with Crippen LogP contribution in [0.4, 0.5) is 0 Å². The van der Waals surface area contributed by atoms with E-state index in [0.29, 0.717) is 18.1 Å². The Bertz CT molecular complexity index is 1090. The highest BCUT2D eigenvalue weighted by molar-refractivity contribution is 7.15. The number of aromatic nitrogens is 3. The summed E-state index contributed by atoms with van der Waals surface area (Å²) in [5.41, 5.74) is 1.35. The van der Waals surface area contributed by atoms with E-state index in [2.05, 4.69) is 15.4 Å². The summed E-state index contributed by atoms with van der Waals surface area (Å²) >= 11 is 1.54. The Kier molecular flexibility index (Phi) is 7.41. The first kappa shape index (κ1) is 22.5. The van der Waals surface area contributed by atoms with Crippen LogP contribution < -0.4 is 20.3 Å². The molecule has 1 unspecified atom stereocenters. The SMILES string of the molecule is CCOc1ccc(OC(C)C(=O)NCCn2nc(-c3sc(C)nc3C)ccc2=O)cc1. The monoisotopic (exact) mass is 442 g/mol. The summed E-state index contributed by atoms with van der Waals surface area (Å²) in [7, 11) is 0. The van der Waals surface area contributed by atoms with Gasteiger partial charge in [-0.25, -0.2) is 9.67 Å². The zero-order valence-electron chi connectivity index (χ0n) is 18.0. The van der Waals surface area contributed by atoms with Crippen molar-refractivity contribution in [2.75, 3.05) is 13.2 Å². The second kappa shape index (κ2) is 10.2. The van der Waals surface area contributed by atoms with E-state index in [1.54, 1.807) is 37.3 Å². The molecule has 31 heavy (non-hydrogen) atoms. The second-order valence-corrected chi connectivity index (χ2v) is 8.09. The van der Waals surface area contributed by atoms with E-state index >= 15 is 0 Å². The average molecular weight is 443 g/mol. The van der Waals surface area contributed by atoms with E-state index in [1.807, 2.05) is 20.8 Å².